The van der Waals surface area contributed by atoms with Crippen LogP contribution in [0.5, 0.6) is 0 Å². The minimum Gasteiger partial charge on any atom is -0.389 e. The van der Waals surface area contributed by atoms with Crippen molar-refractivity contribution in [2.24, 2.45) is 0 Å². The van der Waals surface area contributed by atoms with Crippen LogP contribution in [-0.2, 0) is 0 Å². The quantitative estimate of drug-likeness (QED) is 0.856. The fraction of sp³-hybridized carbons (Fsp3) is 0.545. The summed E-state index contributed by atoms with van der Waals surface area (Å²) >= 11 is 1.44. The minimum atomic E-state index is -0.850. The molecule has 0 aliphatic heterocycles. The standard InChI is InChI=1S/C11H17NO2S/c1-8-5-9(15-6-8)10(13)12(4)7-11(2,3)14/h5-6,14H,7H2,1-4H3. The summed E-state index contributed by atoms with van der Waals surface area (Å²) in [5, 5.41) is 11.5. The lowest BCUT2D eigenvalue weighted by Gasteiger charge is -2.25. The van der Waals surface area contributed by atoms with Crippen LogP contribution >= 0.6 is 11.3 Å². The first-order valence-electron chi connectivity index (χ1n) is 4.82. The van der Waals surface area contributed by atoms with Crippen molar-refractivity contribution < 1.29 is 9.90 Å². The van der Waals surface area contributed by atoms with Gasteiger partial charge in [0, 0.05) is 13.6 Å². The van der Waals surface area contributed by atoms with E-state index >= 15 is 0 Å². The molecule has 1 aromatic heterocycles. The summed E-state index contributed by atoms with van der Waals surface area (Å²) in [6.07, 6.45) is 0. The Morgan fingerprint density at radius 2 is 2.20 bits per heavy atom. The highest BCUT2D eigenvalue weighted by molar-refractivity contribution is 7.12. The Bertz CT molecular complexity index is 352. The Kier molecular flexibility index (Phi) is 3.52. The molecule has 15 heavy (non-hydrogen) atoms. The zero-order valence-corrected chi connectivity index (χ0v) is 10.4. The van der Waals surface area contributed by atoms with Gasteiger partial charge in [0.1, 0.15) is 0 Å². The molecule has 1 rings (SSSR count). The van der Waals surface area contributed by atoms with E-state index < -0.39 is 5.60 Å². The van der Waals surface area contributed by atoms with Crippen molar-refractivity contribution in [2.75, 3.05) is 13.6 Å². The lowest BCUT2D eigenvalue weighted by atomic mass is 10.1. The van der Waals surface area contributed by atoms with Gasteiger partial charge in [-0.1, -0.05) is 0 Å². The maximum Gasteiger partial charge on any atom is 0.263 e. The summed E-state index contributed by atoms with van der Waals surface area (Å²) in [6.45, 7) is 5.68. The molecule has 0 unspecified atom stereocenters. The van der Waals surface area contributed by atoms with Gasteiger partial charge in [-0.05, 0) is 37.8 Å². The number of nitrogens with zero attached hydrogens (tertiary/aromatic N) is 1. The molecule has 0 aliphatic carbocycles. The fourth-order valence-electron chi connectivity index (χ4n) is 1.38. The van der Waals surface area contributed by atoms with Crippen LogP contribution < -0.4 is 0 Å². The van der Waals surface area contributed by atoms with Gasteiger partial charge in [-0.3, -0.25) is 4.79 Å². The van der Waals surface area contributed by atoms with Gasteiger partial charge in [0.05, 0.1) is 10.5 Å². The van der Waals surface area contributed by atoms with Crippen LogP contribution in [0.3, 0.4) is 0 Å². The third kappa shape index (κ3) is 3.64. The third-order valence-electron chi connectivity index (χ3n) is 1.91. The maximum atomic E-state index is 11.9. The molecule has 84 valence electrons. The normalized spacial score (nSPS) is 11.5. The number of aliphatic hydroxyl groups is 1. The zero-order valence-electron chi connectivity index (χ0n) is 9.57. The average Bonchev–Trinajstić information content (AvgIpc) is 2.47. The summed E-state index contributed by atoms with van der Waals surface area (Å²) in [6, 6.07) is 1.87. The summed E-state index contributed by atoms with van der Waals surface area (Å²) in [5.41, 5.74) is 0.247. The fourth-order valence-corrected chi connectivity index (χ4v) is 2.28. The Balaban J connectivity index is 2.69. The number of carbonyl (C=O) groups excluding carboxylic acids is 1. The number of carbonyl (C=O) groups is 1. The second-order valence-corrected chi connectivity index (χ2v) is 5.37. The van der Waals surface area contributed by atoms with E-state index in [1.807, 2.05) is 18.4 Å². The molecule has 0 radical (unpaired) electrons. The van der Waals surface area contributed by atoms with Crippen molar-refractivity contribution >= 4 is 17.2 Å². The molecule has 1 N–H and O–H groups in total. The highest BCUT2D eigenvalue weighted by atomic mass is 32.1. The Hall–Kier alpha value is -0.870. The molecule has 1 heterocycles. The molecule has 0 aliphatic rings. The van der Waals surface area contributed by atoms with Crippen LogP contribution in [0.15, 0.2) is 11.4 Å². The Labute approximate surface area is 94.3 Å². The molecule has 1 aromatic rings. The molecule has 0 saturated heterocycles. The number of amides is 1. The topological polar surface area (TPSA) is 40.5 Å². The summed E-state index contributed by atoms with van der Waals surface area (Å²) in [7, 11) is 1.70. The number of thiophene rings is 1. The average molecular weight is 227 g/mol. The van der Waals surface area contributed by atoms with Gasteiger partial charge in [0.15, 0.2) is 0 Å². The van der Waals surface area contributed by atoms with Crippen molar-refractivity contribution in [3.05, 3.63) is 21.9 Å². The van der Waals surface area contributed by atoms with Crippen molar-refractivity contribution in [1.82, 2.24) is 4.90 Å². The van der Waals surface area contributed by atoms with E-state index in [4.69, 9.17) is 0 Å². The SMILES string of the molecule is Cc1csc(C(=O)N(C)CC(C)(C)O)c1. The third-order valence-corrected chi connectivity index (χ3v) is 2.95. The van der Waals surface area contributed by atoms with E-state index in [1.54, 1.807) is 25.8 Å². The monoisotopic (exact) mass is 227 g/mol. The largest absolute Gasteiger partial charge is 0.389 e. The van der Waals surface area contributed by atoms with Gasteiger partial charge in [-0.2, -0.15) is 0 Å². The molecule has 3 nitrogen and oxygen atoms in total. The van der Waals surface area contributed by atoms with Gasteiger partial charge in [-0.15, -0.1) is 11.3 Å². The molecule has 0 atom stereocenters. The van der Waals surface area contributed by atoms with Gasteiger partial charge >= 0.3 is 0 Å². The first-order valence-corrected chi connectivity index (χ1v) is 5.70. The number of likely N-dealkylation sites (N-methyl/N-ethyl adjacent to an activating group) is 1. The smallest absolute Gasteiger partial charge is 0.263 e. The predicted octanol–water partition coefficient (Wildman–Crippen LogP) is 1.90. The van der Waals surface area contributed by atoms with Crippen molar-refractivity contribution in [3.8, 4) is 0 Å². The molecule has 0 fully saturated rings. The summed E-state index contributed by atoms with van der Waals surface area (Å²) in [4.78, 5) is 14.1. The zero-order chi connectivity index (χ0) is 11.6. The molecule has 0 spiro atoms. The maximum absolute atomic E-state index is 11.9. The molecule has 0 bridgehead atoms. The van der Waals surface area contributed by atoms with Crippen molar-refractivity contribution in [1.29, 1.82) is 0 Å². The highest BCUT2D eigenvalue weighted by Gasteiger charge is 2.20. The summed E-state index contributed by atoms with van der Waals surface area (Å²) < 4.78 is 0. The second-order valence-electron chi connectivity index (χ2n) is 4.46. The first kappa shape index (κ1) is 12.2. The van der Waals surface area contributed by atoms with Crippen molar-refractivity contribution in [3.63, 3.8) is 0 Å². The van der Waals surface area contributed by atoms with Gasteiger partial charge in [0.25, 0.3) is 5.91 Å². The number of hydrogen-bond acceptors (Lipinski definition) is 3. The Morgan fingerprint density at radius 3 is 2.60 bits per heavy atom. The molecular weight excluding hydrogens is 210 g/mol. The minimum absolute atomic E-state index is 0.0322. The number of hydrogen-bond donors (Lipinski definition) is 1. The van der Waals surface area contributed by atoms with E-state index in [9.17, 15) is 9.90 Å². The van der Waals surface area contributed by atoms with E-state index in [2.05, 4.69) is 0 Å². The second kappa shape index (κ2) is 4.33. The van der Waals surface area contributed by atoms with Crippen LogP contribution in [0.4, 0.5) is 0 Å². The lowest BCUT2D eigenvalue weighted by Crippen LogP contribution is -2.39. The van der Waals surface area contributed by atoms with E-state index in [1.165, 1.54) is 11.3 Å². The van der Waals surface area contributed by atoms with Gasteiger partial charge in [-0.25, -0.2) is 0 Å². The molecule has 1 amide bonds. The van der Waals surface area contributed by atoms with Gasteiger partial charge in [0.2, 0.25) is 0 Å². The first-order chi connectivity index (χ1) is 6.79. The predicted molar refractivity (Wildman–Crippen MR) is 62.3 cm³/mol. The summed E-state index contributed by atoms with van der Waals surface area (Å²) in [5.74, 6) is -0.0322. The van der Waals surface area contributed by atoms with Crippen LogP contribution in [-0.4, -0.2) is 35.1 Å². The van der Waals surface area contributed by atoms with Crippen LogP contribution in [0.25, 0.3) is 0 Å². The van der Waals surface area contributed by atoms with Crippen LogP contribution in [0.1, 0.15) is 29.1 Å². The van der Waals surface area contributed by atoms with E-state index in [-0.39, 0.29) is 5.91 Å². The molecule has 0 saturated carbocycles. The number of rotatable bonds is 3. The van der Waals surface area contributed by atoms with Gasteiger partial charge < -0.3 is 10.0 Å². The lowest BCUT2D eigenvalue weighted by molar-refractivity contribution is 0.0370. The van der Waals surface area contributed by atoms with Crippen molar-refractivity contribution in [2.45, 2.75) is 26.4 Å². The number of aryl methyl sites for hydroxylation is 1. The van der Waals surface area contributed by atoms with E-state index in [0.29, 0.717) is 6.54 Å². The Morgan fingerprint density at radius 1 is 1.60 bits per heavy atom. The molecule has 0 aromatic carbocycles. The van der Waals surface area contributed by atoms with E-state index in [0.717, 1.165) is 10.4 Å². The van der Waals surface area contributed by atoms with Crippen LogP contribution in [0.2, 0.25) is 0 Å². The molecule has 4 heteroatoms. The van der Waals surface area contributed by atoms with Crippen LogP contribution in [0, 0.1) is 6.92 Å². The highest BCUT2D eigenvalue weighted by Crippen LogP contribution is 2.16. The molecular formula is C11H17NO2S.